The Bertz CT molecular complexity index is 770. The van der Waals surface area contributed by atoms with Gasteiger partial charge in [-0.25, -0.2) is 13.1 Å². The molecule has 0 aliphatic carbocycles. The lowest BCUT2D eigenvalue weighted by atomic mass is 10.1. The second kappa shape index (κ2) is 9.29. The topological polar surface area (TPSA) is 130 Å². The molecule has 1 rings (SSSR count). The fourth-order valence-electron chi connectivity index (χ4n) is 2.25. The van der Waals surface area contributed by atoms with Crippen LogP contribution in [0, 0.1) is 5.92 Å². The molecule has 9 heteroatoms. The van der Waals surface area contributed by atoms with Gasteiger partial charge in [-0.3, -0.25) is 9.59 Å². The highest BCUT2D eigenvalue weighted by molar-refractivity contribution is 7.88. The molecule has 2 amide bonds. The number of rotatable bonds is 8. The number of nitrogens with one attached hydrogen (secondary N) is 3. The quantitative estimate of drug-likeness (QED) is 0.518. The van der Waals surface area contributed by atoms with Gasteiger partial charge in [0.25, 0.3) is 0 Å². The number of hydrogen-bond donors (Lipinski definition) is 4. The number of anilines is 1. The normalized spacial score (nSPS) is 13.3. The molecule has 27 heavy (non-hydrogen) atoms. The maximum absolute atomic E-state index is 12.2. The van der Waals surface area contributed by atoms with Gasteiger partial charge in [0.15, 0.2) is 0 Å². The van der Waals surface area contributed by atoms with Crippen molar-refractivity contribution in [3.05, 3.63) is 29.8 Å². The van der Waals surface area contributed by atoms with Crippen LogP contribution >= 0.6 is 0 Å². The maximum Gasteiger partial charge on any atom is 0.243 e. The van der Waals surface area contributed by atoms with Gasteiger partial charge in [-0.15, -0.1) is 0 Å². The van der Waals surface area contributed by atoms with Gasteiger partial charge in [-0.2, -0.15) is 0 Å². The first-order valence-electron chi connectivity index (χ1n) is 8.73. The molecule has 0 heterocycles. The largest absolute Gasteiger partial charge is 0.346 e. The summed E-state index contributed by atoms with van der Waals surface area (Å²) >= 11 is 0. The molecule has 152 valence electrons. The summed E-state index contributed by atoms with van der Waals surface area (Å²) in [4.78, 5) is 23.8. The first kappa shape index (κ1) is 23.1. The third-order valence-corrected chi connectivity index (χ3v) is 5.11. The first-order valence-corrected chi connectivity index (χ1v) is 10.4. The van der Waals surface area contributed by atoms with Gasteiger partial charge in [0.05, 0.1) is 18.3 Å². The van der Waals surface area contributed by atoms with Crippen molar-refractivity contribution in [1.29, 1.82) is 0 Å². The van der Waals surface area contributed by atoms with E-state index in [-0.39, 0.29) is 18.2 Å². The van der Waals surface area contributed by atoms with Gasteiger partial charge in [0.2, 0.25) is 21.8 Å². The van der Waals surface area contributed by atoms with E-state index in [4.69, 9.17) is 5.73 Å². The zero-order valence-electron chi connectivity index (χ0n) is 16.5. The minimum absolute atomic E-state index is 0.0339. The molecule has 1 aromatic rings. The SMILES string of the molecule is CC(C)[C@H](N)C(=O)NCC(=O)Nc1cccc(CS(=O)(=O)NC(C)(C)C)c1. The van der Waals surface area contributed by atoms with Crippen LogP contribution in [0.5, 0.6) is 0 Å². The van der Waals surface area contributed by atoms with E-state index >= 15 is 0 Å². The Morgan fingerprint density at radius 3 is 2.37 bits per heavy atom. The third-order valence-electron chi connectivity index (χ3n) is 3.47. The minimum atomic E-state index is -3.51. The molecule has 0 aromatic heterocycles. The first-order chi connectivity index (χ1) is 12.3. The van der Waals surface area contributed by atoms with E-state index < -0.39 is 33.4 Å². The number of benzene rings is 1. The van der Waals surface area contributed by atoms with Crippen LogP contribution in [0.4, 0.5) is 5.69 Å². The van der Waals surface area contributed by atoms with Crippen LogP contribution in [-0.4, -0.2) is 38.4 Å². The average Bonchev–Trinajstić information content (AvgIpc) is 2.49. The summed E-state index contributed by atoms with van der Waals surface area (Å²) in [6.45, 7) is 8.71. The molecule has 0 aliphatic heterocycles. The summed E-state index contributed by atoms with van der Waals surface area (Å²) in [5.41, 5.74) is 6.13. The zero-order chi connectivity index (χ0) is 20.8. The highest BCUT2D eigenvalue weighted by Crippen LogP contribution is 2.14. The minimum Gasteiger partial charge on any atom is -0.346 e. The summed E-state index contributed by atoms with van der Waals surface area (Å²) < 4.78 is 27.0. The summed E-state index contributed by atoms with van der Waals surface area (Å²) in [6, 6.07) is 5.88. The molecule has 1 atom stereocenters. The fraction of sp³-hybridized carbons (Fsp3) is 0.556. The van der Waals surface area contributed by atoms with Crippen molar-refractivity contribution in [2.75, 3.05) is 11.9 Å². The molecule has 0 saturated carbocycles. The Kier molecular flexibility index (Phi) is 7.94. The van der Waals surface area contributed by atoms with Gasteiger partial charge >= 0.3 is 0 Å². The lowest BCUT2D eigenvalue weighted by molar-refractivity contribution is -0.125. The van der Waals surface area contributed by atoms with Crippen LogP contribution in [0.3, 0.4) is 0 Å². The molecule has 5 N–H and O–H groups in total. The predicted octanol–water partition coefficient (Wildman–Crippen LogP) is 0.943. The van der Waals surface area contributed by atoms with Crippen LogP contribution in [0.1, 0.15) is 40.2 Å². The molecule has 0 aliphatic rings. The summed E-state index contributed by atoms with van der Waals surface area (Å²) in [7, 11) is -3.51. The molecule has 0 bridgehead atoms. The van der Waals surface area contributed by atoms with Crippen molar-refractivity contribution >= 4 is 27.5 Å². The van der Waals surface area contributed by atoms with E-state index in [2.05, 4.69) is 15.4 Å². The van der Waals surface area contributed by atoms with Crippen molar-refractivity contribution in [2.45, 2.75) is 52.0 Å². The fourth-order valence-corrected chi connectivity index (χ4v) is 3.88. The van der Waals surface area contributed by atoms with E-state index in [0.717, 1.165) is 0 Å². The lowest BCUT2D eigenvalue weighted by Gasteiger charge is -2.20. The Morgan fingerprint density at radius 1 is 1.19 bits per heavy atom. The number of amides is 2. The Morgan fingerprint density at radius 2 is 1.81 bits per heavy atom. The summed E-state index contributed by atoms with van der Waals surface area (Å²) in [6.07, 6.45) is 0. The highest BCUT2D eigenvalue weighted by atomic mass is 32.2. The van der Waals surface area contributed by atoms with Crippen LogP contribution in [0.25, 0.3) is 0 Å². The van der Waals surface area contributed by atoms with Crippen LogP contribution in [-0.2, 0) is 25.4 Å². The molecule has 0 unspecified atom stereocenters. The Balaban J connectivity index is 2.66. The van der Waals surface area contributed by atoms with E-state index in [1.807, 2.05) is 13.8 Å². The van der Waals surface area contributed by atoms with E-state index in [1.165, 1.54) is 0 Å². The van der Waals surface area contributed by atoms with Crippen molar-refractivity contribution in [1.82, 2.24) is 10.0 Å². The Labute approximate surface area is 161 Å². The standard InChI is InChI=1S/C18H30N4O4S/c1-12(2)16(19)17(24)20-10-15(23)21-14-8-6-7-13(9-14)11-27(25,26)22-18(3,4)5/h6-9,12,16,22H,10-11,19H2,1-5H3,(H,20,24)(H,21,23)/t16-/m0/s1. The summed E-state index contributed by atoms with van der Waals surface area (Å²) in [5.74, 6) is -1.05. The summed E-state index contributed by atoms with van der Waals surface area (Å²) in [5, 5.41) is 5.11. The smallest absolute Gasteiger partial charge is 0.243 e. The van der Waals surface area contributed by atoms with Crippen LogP contribution in [0.2, 0.25) is 0 Å². The van der Waals surface area contributed by atoms with Gasteiger partial charge in [0, 0.05) is 11.2 Å². The molecule has 1 aromatic carbocycles. The average molecular weight is 399 g/mol. The van der Waals surface area contributed by atoms with E-state index in [9.17, 15) is 18.0 Å². The molecule has 0 radical (unpaired) electrons. The van der Waals surface area contributed by atoms with Crippen molar-refractivity contribution in [3.63, 3.8) is 0 Å². The van der Waals surface area contributed by atoms with Crippen molar-refractivity contribution in [3.8, 4) is 0 Å². The Hall–Kier alpha value is -1.97. The maximum atomic E-state index is 12.2. The molecular formula is C18H30N4O4S. The monoisotopic (exact) mass is 398 g/mol. The second-order valence-corrected chi connectivity index (χ2v) is 9.57. The predicted molar refractivity (Wildman–Crippen MR) is 106 cm³/mol. The number of sulfonamides is 1. The second-order valence-electron chi connectivity index (χ2n) is 7.85. The highest BCUT2D eigenvalue weighted by Gasteiger charge is 2.21. The molecule has 0 saturated heterocycles. The van der Waals surface area contributed by atoms with Gasteiger partial charge in [-0.1, -0.05) is 26.0 Å². The number of carbonyl (C=O) groups is 2. The molecule has 0 spiro atoms. The van der Waals surface area contributed by atoms with Crippen molar-refractivity contribution < 1.29 is 18.0 Å². The van der Waals surface area contributed by atoms with Gasteiger partial charge in [0.1, 0.15) is 0 Å². The van der Waals surface area contributed by atoms with Crippen LogP contribution < -0.4 is 21.1 Å². The number of hydrogen-bond acceptors (Lipinski definition) is 5. The lowest BCUT2D eigenvalue weighted by Crippen LogP contribution is -2.46. The van der Waals surface area contributed by atoms with E-state index in [0.29, 0.717) is 11.3 Å². The third kappa shape index (κ3) is 8.98. The zero-order valence-corrected chi connectivity index (χ0v) is 17.3. The molecular weight excluding hydrogens is 368 g/mol. The molecule has 8 nitrogen and oxygen atoms in total. The van der Waals surface area contributed by atoms with Gasteiger partial charge < -0.3 is 16.4 Å². The van der Waals surface area contributed by atoms with Crippen LogP contribution in [0.15, 0.2) is 24.3 Å². The number of nitrogens with two attached hydrogens (primary N) is 1. The molecule has 0 fully saturated rings. The van der Waals surface area contributed by atoms with E-state index in [1.54, 1.807) is 45.0 Å². The number of carbonyl (C=O) groups excluding carboxylic acids is 2. The van der Waals surface area contributed by atoms with Gasteiger partial charge in [-0.05, 0) is 44.4 Å². The van der Waals surface area contributed by atoms with Crippen molar-refractivity contribution in [2.24, 2.45) is 11.7 Å².